The second kappa shape index (κ2) is 18.1. The molecule has 288 valence electrons. The second-order valence-corrected chi connectivity index (χ2v) is 15.5. The number of aliphatic hydroxyl groups is 2. The van der Waals surface area contributed by atoms with Crippen LogP contribution in [0.1, 0.15) is 83.6 Å². The molecule has 5 rings (SSSR count). The quantitative estimate of drug-likeness (QED) is 0.0676. The van der Waals surface area contributed by atoms with Crippen LogP contribution in [0.4, 0.5) is 4.79 Å². The molecule has 4 aliphatic rings. The summed E-state index contributed by atoms with van der Waals surface area (Å²) < 4.78 is 26.1. The molecule has 0 spiro atoms. The van der Waals surface area contributed by atoms with Gasteiger partial charge >= 0.3 is 6.09 Å². The zero-order valence-corrected chi connectivity index (χ0v) is 31.8. The molecule has 1 amide bonds. The van der Waals surface area contributed by atoms with Crippen LogP contribution in [0.15, 0.2) is 60.3 Å². The van der Waals surface area contributed by atoms with Gasteiger partial charge in [-0.25, -0.2) is 4.79 Å². The Labute approximate surface area is 310 Å². The van der Waals surface area contributed by atoms with Gasteiger partial charge in [-0.2, -0.15) is 0 Å². The van der Waals surface area contributed by atoms with Gasteiger partial charge in [-0.1, -0.05) is 36.2 Å². The van der Waals surface area contributed by atoms with E-state index in [1.165, 1.54) is 0 Å². The minimum atomic E-state index is -1.32. The number of likely N-dealkylation sites (N-methyl/N-ethyl adjacent to an activating group) is 1. The number of ether oxygens (including phenoxy) is 4. The molecule has 2 N–H and O–H groups in total. The van der Waals surface area contributed by atoms with Crippen LogP contribution in [0.3, 0.4) is 0 Å². The summed E-state index contributed by atoms with van der Waals surface area (Å²) in [5.74, 6) is -0.0657. The van der Waals surface area contributed by atoms with Crippen LogP contribution in [0.25, 0.3) is 0 Å². The molecule has 0 aromatic heterocycles. The average Bonchev–Trinajstić information content (AvgIpc) is 3.95. The molecule has 2 fully saturated rings. The maximum absolute atomic E-state index is 13.7. The molecule has 11 nitrogen and oxygen atoms in total. The Morgan fingerprint density at radius 1 is 1.10 bits per heavy atom. The summed E-state index contributed by atoms with van der Waals surface area (Å²) in [5, 5.41) is 24.4. The van der Waals surface area contributed by atoms with Crippen molar-refractivity contribution in [3.05, 3.63) is 60.7 Å². The van der Waals surface area contributed by atoms with Crippen molar-refractivity contribution in [3.8, 4) is 11.5 Å². The molecule has 52 heavy (non-hydrogen) atoms. The normalized spacial score (nSPS) is 27.1. The van der Waals surface area contributed by atoms with Crippen LogP contribution in [0.5, 0.6) is 11.5 Å². The van der Waals surface area contributed by atoms with Gasteiger partial charge < -0.3 is 38.9 Å². The van der Waals surface area contributed by atoms with Gasteiger partial charge in [0.2, 0.25) is 5.79 Å². The highest BCUT2D eigenvalue weighted by Crippen LogP contribution is 2.61. The monoisotopic (exact) mass is 723 g/mol. The van der Waals surface area contributed by atoms with Crippen molar-refractivity contribution in [1.82, 2.24) is 9.80 Å². The molecule has 1 saturated carbocycles. The standard InChI is InChI=1S/C41H61N3O8/c1-7-9-24-49-39(47)43(6)36-28-34(42-52-40(3,4)5)32-26-29(14-10-12-21-45)31(15-11-13-22-46)37-33-27-30(48-25-20-44-18-19-44)16-17-35(33)51-41(36,38(32)37)50-23-8-2/h7-8,16-17,26-27,29,31,36-38,45-46H,1-2,9-15,18-25,28H2,3-6H3/t29-,31+,36-,37+,38+,41+/m0/s1. The van der Waals surface area contributed by atoms with Gasteiger partial charge in [-0.05, 0) is 88.5 Å². The summed E-state index contributed by atoms with van der Waals surface area (Å²) in [6.07, 6.45) is 11.0. The van der Waals surface area contributed by atoms with Gasteiger partial charge in [-0.3, -0.25) is 4.90 Å². The fraction of sp³-hybridized carbons (Fsp3) is 0.659. The van der Waals surface area contributed by atoms with Gasteiger partial charge in [0, 0.05) is 57.8 Å². The zero-order chi connectivity index (χ0) is 37.3. The maximum Gasteiger partial charge on any atom is 0.409 e. The van der Waals surface area contributed by atoms with Gasteiger partial charge in [0.15, 0.2) is 0 Å². The number of carbonyl (C=O) groups excluding carboxylic acids is 1. The fourth-order valence-corrected chi connectivity index (χ4v) is 8.06. The van der Waals surface area contributed by atoms with Crippen LogP contribution < -0.4 is 9.47 Å². The van der Waals surface area contributed by atoms with E-state index in [-0.39, 0.29) is 50.1 Å². The number of nitrogens with zero attached hydrogens (tertiary/aromatic N) is 3. The number of oxime groups is 1. The maximum atomic E-state index is 13.7. The smallest absolute Gasteiger partial charge is 0.409 e. The third-order valence-corrected chi connectivity index (χ3v) is 10.6. The third kappa shape index (κ3) is 9.40. The molecule has 11 heteroatoms. The van der Waals surface area contributed by atoms with E-state index in [9.17, 15) is 15.0 Å². The SMILES string of the molecule is C=CCCOC(=O)N(C)[C@H]1CC(=NOC(C)(C)C)C2=C[C@H](CCCCO)[C@@H](CCCCO)[C@@H]3c4cc(OCCN5CC5)ccc4O[C@@]1(OCC=C)[C@H]23. The predicted octanol–water partition coefficient (Wildman–Crippen LogP) is 6.46. The van der Waals surface area contributed by atoms with E-state index in [0.29, 0.717) is 38.0 Å². The third-order valence-electron chi connectivity index (χ3n) is 10.6. The van der Waals surface area contributed by atoms with Crippen molar-refractivity contribution in [2.24, 2.45) is 22.9 Å². The minimum Gasteiger partial charge on any atom is -0.492 e. The number of aliphatic hydroxyl groups excluding tert-OH is 2. The summed E-state index contributed by atoms with van der Waals surface area (Å²) in [6.45, 7) is 18.0. The number of hydrogen-bond donors (Lipinski definition) is 2. The van der Waals surface area contributed by atoms with Crippen LogP contribution in [-0.4, -0.2) is 109 Å². The number of amides is 1. The van der Waals surface area contributed by atoms with Crippen LogP contribution >= 0.6 is 0 Å². The summed E-state index contributed by atoms with van der Waals surface area (Å²) >= 11 is 0. The van der Waals surface area contributed by atoms with E-state index in [1.54, 1.807) is 24.1 Å². The number of carbonyl (C=O) groups is 1. The van der Waals surface area contributed by atoms with E-state index in [0.717, 1.165) is 67.9 Å². The van der Waals surface area contributed by atoms with Crippen LogP contribution in [0.2, 0.25) is 0 Å². The lowest BCUT2D eigenvalue weighted by Gasteiger charge is -2.59. The van der Waals surface area contributed by atoms with E-state index in [4.69, 9.17) is 28.9 Å². The van der Waals surface area contributed by atoms with Crippen molar-refractivity contribution in [2.75, 3.05) is 59.7 Å². The zero-order valence-electron chi connectivity index (χ0n) is 31.8. The Bertz CT molecular complexity index is 1440. The molecule has 1 aromatic rings. The lowest BCUT2D eigenvalue weighted by molar-refractivity contribution is -0.253. The first kappa shape index (κ1) is 39.8. The van der Waals surface area contributed by atoms with Crippen molar-refractivity contribution in [3.63, 3.8) is 0 Å². The molecule has 0 bridgehead atoms. The Balaban J connectivity index is 1.70. The molecule has 6 atom stereocenters. The molecule has 0 unspecified atom stereocenters. The van der Waals surface area contributed by atoms with Crippen molar-refractivity contribution < 1.29 is 38.8 Å². The van der Waals surface area contributed by atoms with Gasteiger partial charge in [0.05, 0.1) is 24.8 Å². The number of allylic oxidation sites excluding steroid dienone is 1. The lowest BCUT2D eigenvalue weighted by Crippen LogP contribution is -2.69. The average molecular weight is 724 g/mol. The number of benzene rings is 1. The largest absolute Gasteiger partial charge is 0.492 e. The van der Waals surface area contributed by atoms with E-state index in [1.807, 2.05) is 32.9 Å². The molecule has 2 aliphatic carbocycles. The first-order valence-electron chi connectivity index (χ1n) is 19.2. The van der Waals surface area contributed by atoms with Crippen molar-refractivity contribution in [2.45, 2.75) is 95.5 Å². The second-order valence-electron chi connectivity index (χ2n) is 15.5. The Hall–Kier alpha value is -3.38. The van der Waals surface area contributed by atoms with E-state index < -0.39 is 23.5 Å². The highest BCUT2D eigenvalue weighted by Gasteiger charge is 2.65. The summed E-state index contributed by atoms with van der Waals surface area (Å²) in [7, 11) is 1.73. The molecular formula is C41H61N3O8. The molecule has 1 aromatic carbocycles. The number of hydrogen-bond acceptors (Lipinski definition) is 10. The summed E-state index contributed by atoms with van der Waals surface area (Å²) in [6, 6.07) is 5.42. The fourth-order valence-electron chi connectivity index (χ4n) is 8.06. The Morgan fingerprint density at radius 2 is 1.85 bits per heavy atom. The van der Waals surface area contributed by atoms with Crippen molar-refractivity contribution in [1.29, 1.82) is 0 Å². The topological polar surface area (TPSA) is 122 Å². The molecule has 0 radical (unpaired) electrons. The number of rotatable bonds is 20. The highest BCUT2D eigenvalue weighted by atomic mass is 16.7. The molecule has 2 aliphatic heterocycles. The molecular weight excluding hydrogens is 662 g/mol. The number of unbranched alkanes of at least 4 members (excludes halogenated alkanes) is 2. The Morgan fingerprint density at radius 3 is 2.52 bits per heavy atom. The highest BCUT2D eigenvalue weighted by molar-refractivity contribution is 6.02. The first-order valence-corrected chi connectivity index (χ1v) is 19.2. The van der Waals surface area contributed by atoms with Gasteiger partial charge in [0.1, 0.15) is 29.7 Å². The number of fused-ring (bicyclic) bond motifs is 2. The van der Waals surface area contributed by atoms with E-state index in [2.05, 4.69) is 30.2 Å². The van der Waals surface area contributed by atoms with Crippen LogP contribution in [0, 0.1) is 17.8 Å². The summed E-state index contributed by atoms with van der Waals surface area (Å²) in [5.41, 5.74) is 2.23. The Kier molecular flexibility index (Phi) is 13.9. The van der Waals surface area contributed by atoms with E-state index >= 15 is 0 Å². The summed E-state index contributed by atoms with van der Waals surface area (Å²) in [4.78, 5) is 23.8. The first-order chi connectivity index (χ1) is 25.1. The molecule has 2 heterocycles. The van der Waals surface area contributed by atoms with Gasteiger partial charge in [-0.15, -0.1) is 13.2 Å². The predicted molar refractivity (Wildman–Crippen MR) is 202 cm³/mol. The van der Waals surface area contributed by atoms with Crippen molar-refractivity contribution >= 4 is 11.8 Å². The van der Waals surface area contributed by atoms with Crippen LogP contribution in [-0.2, 0) is 14.3 Å². The van der Waals surface area contributed by atoms with Gasteiger partial charge in [0.25, 0.3) is 0 Å². The molecule has 1 saturated heterocycles. The minimum absolute atomic E-state index is 0.116. The lowest BCUT2D eigenvalue weighted by atomic mass is 9.55.